The molecule has 1 rings (SSSR count). The summed E-state index contributed by atoms with van der Waals surface area (Å²) in [5.74, 6) is 0.555. The topological polar surface area (TPSA) is 71.2 Å². The van der Waals surface area contributed by atoms with Crippen LogP contribution < -0.4 is 16.0 Å². The second-order valence-electron chi connectivity index (χ2n) is 4.17. The van der Waals surface area contributed by atoms with Crippen molar-refractivity contribution in [2.24, 2.45) is 5.73 Å². The van der Waals surface area contributed by atoms with E-state index in [-0.39, 0.29) is 30.7 Å². The van der Waals surface area contributed by atoms with Crippen LogP contribution in [0.1, 0.15) is 23.2 Å². The first-order chi connectivity index (χ1) is 8.56. The molecule has 3 N–H and O–H groups in total. The molecule has 0 unspecified atom stereocenters. The van der Waals surface area contributed by atoms with Crippen LogP contribution in [0, 0.1) is 0 Å². The maximum absolute atomic E-state index is 12.1. The van der Waals surface area contributed by atoms with Crippen molar-refractivity contribution in [3.63, 3.8) is 0 Å². The number of carbonyl (C=O) groups excluding carboxylic acids is 1. The predicted octanol–water partition coefficient (Wildman–Crippen LogP) is 2.22. The zero-order valence-corrected chi connectivity index (χ0v) is 14.8. The average molecular weight is 388 g/mol. The Bertz CT molecular complexity index is 418. The van der Waals surface area contributed by atoms with E-state index >= 15 is 0 Å². The fourth-order valence-corrected chi connectivity index (χ4v) is 1.85. The third-order valence-corrected chi connectivity index (χ3v) is 2.85. The van der Waals surface area contributed by atoms with E-state index in [2.05, 4.69) is 26.2 Å². The molecular formula is C12H21BrCl2N4O. The predicted molar refractivity (Wildman–Crippen MR) is 91.4 cm³/mol. The van der Waals surface area contributed by atoms with Crippen LogP contribution in [0.4, 0.5) is 5.82 Å². The number of unbranched alkanes of at least 4 members (excludes halogenated alkanes) is 1. The zero-order chi connectivity index (χ0) is 13.5. The van der Waals surface area contributed by atoms with E-state index in [0.29, 0.717) is 24.5 Å². The van der Waals surface area contributed by atoms with Crippen LogP contribution in [0.2, 0.25) is 0 Å². The van der Waals surface area contributed by atoms with Crippen LogP contribution in [-0.4, -0.2) is 38.1 Å². The van der Waals surface area contributed by atoms with E-state index in [9.17, 15) is 4.79 Å². The van der Waals surface area contributed by atoms with Crippen molar-refractivity contribution >= 4 is 52.5 Å². The number of nitrogens with two attached hydrogens (primary N) is 1. The number of halogens is 3. The van der Waals surface area contributed by atoms with Gasteiger partial charge in [0.05, 0.1) is 5.56 Å². The minimum Gasteiger partial charge on any atom is -0.362 e. The maximum atomic E-state index is 12.1. The van der Waals surface area contributed by atoms with Gasteiger partial charge in [-0.1, -0.05) is 0 Å². The molecule has 1 aromatic heterocycles. The van der Waals surface area contributed by atoms with Gasteiger partial charge in [0.2, 0.25) is 0 Å². The van der Waals surface area contributed by atoms with Crippen molar-refractivity contribution in [1.29, 1.82) is 0 Å². The van der Waals surface area contributed by atoms with Gasteiger partial charge in [-0.05, 0) is 41.4 Å². The number of hydrogen-bond donors (Lipinski definition) is 2. The van der Waals surface area contributed by atoms with Gasteiger partial charge in [-0.15, -0.1) is 24.8 Å². The number of nitrogens with zero attached hydrogens (tertiary/aromatic N) is 2. The summed E-state index contributed by atoms with van der Waals surface area (Å²) < 4.78 is 0.792. The molecule has 5 nitrogen and oxygen atoms in total. The summed E-state index contributed by atoms with van der Waals surface area (Å²) in [7, 11) is 3.73. The highest BCUT2D eigenvalue weighted by Gasteiger charge is 2.14. The largest absolute Gasteiger partial charge is 0.362 e. The first-order valence-corrected chi connectivity index (χ1v) is 6.66. The lowest BCUT2D eigenvalue weighted by molar-refractivity contribution is 0.0953. The van der Waals surface area contributed by atoms with Crippen molar-refractivity contribution in [3.8, 4) is 0 Å². The summed E-state index contributed by atoms with van der Waals surface area (Å²) in [6, 6.07) is 1.78. The van der Waals surface area contributed by atoms with Crippen LogP contribution in [0.15, 0.2) is 16.7 Å². The third-order valence-electron chi connectivity index (χ3n) is 2.42. The lowest BCUT2D eigenvalue weighted by Gasteiger charge is -2.16. The molecule has 1 heterocycles. The zero-order valence-electron chi connectivity index (χ0n) is 11.6. The van der Waals surface area contributed by atoms with E-state index in [1.165, 1.54) is 0 Å². The number of aromatic nitrogens is 1. The summed E-state index contributed by atoms with van der Waals surface area (Å²) in [6.45, 7) is 1.28. The smallest absolute Gasteiger partial charge is 0.255 e. The van der Waals surface area contributed by atoms with Crippen molar-refractivity contribution in [3.05, 3.63) is 22.3 Å². The Labute approximate surface area is 140 Å². The van der Waals surface area contributed by atoms with Gasteiger partial charge in [0, 0.05) is 31.3 Å². The van der Waals surface area contributed by atoms with E-state index < -0.39 is 0 Å². The minimum absolute atomic E-state index is 0. The molecule has 0 aliphatic heterocycles. The van der Waals surface area contributed by atoms with Gasteiger partial charge < -0.3 is 16.0 Å². The maximum Gasteiger partial charge on any atom is 0.255 e. The normalized spacial score (nSPS) is 9.20. The van der Waals surface area contributed by atoms with Crippen LogP contribution in [0.3, 0.4) is 0 Å². The molecule has 116 valence electrons. The highest BCUT2D eigenvalue weighted by molar-refractivity contribution is 9.10. The highest BCUT2D eigenvalue weighted by Crippen LogP contribution is 2.19. The summed E-state index contributed by atoms with van der Waals surface area (Å²) in [4.78, 5) is 18.1. The Morgan fingerprint density at radius 1 is 1.40 bits per heavy atom. The lowest BCUT2D eigenvalue weighted by Crippen LogP contribution is -2.27. The molecule has 20 heavy (non-hydrogen) atoms. The van der Waals surface area contributed by atoms with Crippen molar-refractivity contribution < 1.29 is 4.79 Å². The van der Waals surface area contributed by atoms with E-state index in [0.717, 1.165) is 17.3 Å². The monoisotopic (exact) mass is 386 g/mol. The molecule has 8 heteroatoms. The first-order valence-electron chi connectivity index (χ1n) is 5.87. The molecule has 0 bridgehead atoms. The van der Waals surface area contributed by atoms with E-state index in [4.69, 9.17) is 5.73 Å². The van der Waals surface area contributed by atoms with Crippen molar-refractivity contribution in [2.45, 2.75) is 12.8 Å². The van der Waals surface area contributed by atoms with Gasteiger partial charge in [-0.3, -0.25) is 4.79 Å². The van der Waals surface area contributed by atoms with Gasteiger partial charge >= 0.3 is 0 Å². The molecule has 0 aromatic carbocycles. The number of hydrogen-bond acceptors (Lipinski definition) is 4. The molecule has 0 aliphatic rings. The number of nitrogens with one attached hydrogen (secondary N) is 1. The van der Waals surface area contributed by atoms with E-state index in [1.54, 1.807) is 12.3 Å². The molecule has 1 amide bonds. The van der Waals surface area contributed by atoms with Crippen LogP contribution in [0.5, 0.6) is 0 Å². The standard InChI is InChI=1S/C12H19BrN4O.2ClH/c1-17(2)11-10(7-9(13)8-16-11)12(18)15-6-4-3-5-14;;/h7-8H,3-6,14H2,1-2H3,(H,15,18);2*1H. The summed E-state index contributed by atoms with van der Waals surface area (Å²) in [5.41, 5.74) is 5.98. The Kier molecular flexibility index (Phi) is 12.1. The van der Waals surface area contributed by atoms with Crippen LogP contribution in [0.25, 0.3) is 0 Å². The van der Waals surface area contributed by atoms with Crippen LogP contribution >= 0.6 is 40.7 Å². The summed E-state index contributed by atoms with van der Waals surface area (Å²) in [6.07, 6.45) is 3.49. The Morgan fingerprint density at radius 3 is 2.60 bits per heavy atom. The molecule has 0 radical (unpaired) electrons. The molecule has 0 saturated carbocycles. The number of pyridine rings is 1. The molecular weight excluding hydrogens is 367 g/mol. The average Bonchev–Trinajstić information content (AvgIpc) is 2.34. The number of rotatable bonds is 6. The fourth-order valence-electron chi connectivity index (χ4n) is 1.52. The second-order valence-corrected chi connectivity index (χ2v) is 5.09. The van der Waals surface area contributed by atoms with Gasteiger partial charge in [-0.2, -0.15) is 0 Å². The minimum atomic E-state index is -0.107. The quantitative estimate of drug-likeness (QED) is 0.734. The van der Waals surface area contributed by atoms with Crippen molar-refractivity contribution in [2.75, 3.05) is 32.1 Å². The number of carbonyl (C=O) groups is 1. The van der Waals surface area contributed by atoms with Gasteiger partial charge in [0.15, 0.2) is 0 Å². The third kappa shape index (κ3) is 6.74. The number of anilines is 1. The fraction of sp³-hybridized carbons (Fsp3) is 0.500. The first kappa shape index (κ1) is 21.7. The molecule has 0 fully saturated rings. The van der Waals surface area contributed by atoms with Gasteiger partial charge in [0.25, 0.3) is 5.91 Å². The summed E-state index contributed by atoms with van der Waals surface area (Å²) >= 11 is 3.33. The molecule has 0 spiro atoms. The summed E-state index contributed by atoms with van der Waals surface area (Å²) in [5, 5.41) is 2.87. The highest BCUT2D eigenvalue weighted by atomic mass is 79.9. The van der Waals surface area contributed by atoms with E-state index in [1.807, 2.05) is 19.0 Å². The molecule has 1 aromatic rings. The Balaban J connectivity index is 0. The number of amides is 1. The Hall–Kier alpha value is -0.560. The lowest BCUT2D eigenvalue weighted by atomic mass is 10.2. The Morgan fingerprint density at radius 2 is 2.05 bits per heavy atom. The molecule has 0 atom stereocenters. The second kappa shape index (κ2) is 11.1. The van der Waals surface area contributed by atoms with Crippen molar-refractivity contribution in [1.82, 2.24) is 10.3 Å². The van der Waals surface area contributed by atoms with Gasteiger partial charge in [-0.25, -0.2) is 4.98 Å². The molecule has 0 saturated heterocycles. The van der Waals surface area contributed by atoms with Gasteiger partial charge in [0.1, 0.15) is 5.82 Å². The molecule has 0 aliphatic carbocycles. The SMILES string of the molecule is CN(C)c1ncc(Br)cc1C(=O)NCCCCN.Cl.Cl. The van der Waals surface area contributed by atoms with Crippen LogP contribution in [-0.2, 0) is 0 Å².